The Kier molecular flexibility index (Phi) is 7.21. The lowest BCUT2D eigenvalue weighted by Gasteiger charge is -2.12. The van der Waals surface area contributed by atoms with Gasteiger partial charge in [0.2, 0.25) is 5.91 Å². The van der Waals surface area contributed by atoms with E-state index in [4.69, 9.17) is 27.9 Å². The number of esters is 1. The molecule has 6 nitrogen and oxygen atoms in total. The molecule has 2 aromatic carbocycles. The molecule has 0 aliphatic carbocycles. The number of hydrogen-bond donors (Lipinski definition) is 2. The number of benzene rings is 2. The van der Waals surface area contributed by atoms with Crippen molar-refractivity contribution in [3.8, 4) is 0 Å². The number of amides is 2. The maximum absolute atomic E-state index is 12.0. The average molecular weight is 409 g/mol. The van der Waals surface area contributed by atoms with Gasteiger partial charge in [-0.3, -0.25) is 9.59 Å². The van der Waals surface area contributed by atoms with Crippen molar-refractivity contribution >= 4 is 46.7 Å². The molecule has 0 spiro atoms. The highest BCUT2D eigenvalue weighted by Crippen LogP contribution is 2.23. The third-order valence-electron chi connectivity index (χ3n) is 3.68. The zero-order valence-electron chi connectivity index (χ0n) is 14.8. The summed E-state index contributed by atoms with van der Waals surface area (Å²) in [6, 6.07) is 9.89. The predicted molar refractivity (Wildman–Crippen MR) is 104 cm³/mol. The summed E-state index contributed by atoms with van der Waals surface area (Å²) in [7, 11) is 0. The lowest BCUT2D eigenvalue weighted by atomic mass is 10.1. The fraction of sp³-hybridized carbons (Fsp3) is 0.211. The molecule has 0 aromatic heterocycles. The fourth-order valence-corrected chi connectivity index (χ4v) is 2.56. The topological polar surface area (TPSA) is 84.5 Å². The number of aryl methyl sites for hydroxylation is 2. The van der Waals surface area contributed by atoms with Gasteiger partial charge in [0.15, 0.2) is 6.61 Å². The summed E-state index contributed by atoms with van der Waals surface area (Å²) in [6.07, 6.45) is 0. The summed E-state index contributed by atoms with van der Waals surface area (Å²) in [6.45, 7) is 3.00. The van der Waals surface area contributed by atoms with Crippen molar-refractivity contribution in [2.75, 3.05) is 18.5 Å². The molecule has 0 unspecified atom stereocenters. The van der Waals surface area contributed by atoms with Crippen molar-refractivity contribution < 1.29 is 19.1 Å². The highest BCUT2D eigenvalue weighted by molar-refractivity contribution is 6.42. The van der Waals surface area contributed by atoms with E-state index in [0.29, 0.717) is 10.7 Å². The first kappa shape index (κ1) is 20.7. The standard InChI is InChI=1S/C19H18Cl2N2O4/c1-11-4-3-5-12(2)18(11)23-16(24)9-22-17(25)10-27-19(26)13-6-7-14(20)15(21)8-13/h3-8H,9-10H2,1-2H3,(H,22,25)(H,23,24). The summed E-state index contributed by atoms with van der Waals surface area (Å²) in [5.74, 6) is -1.69. The number of halogens is 2. The van der Waals surface area contributed by atoms with Gasteiger partial charge < -0.3 is 15.4 Å². The molecule has 0 heterocycles. The van der Waals surface area contributed by atoms with Crippen molar-refractivity contribution in [3.05, 3.63) is 63.1 Å². The van der Waals surface area contributed by atoms with Gasteiger partial charge in [-0.2, -0.15) is 0 Å². The number of ether oxygens (including phenoxy) is 1. The molecule has 2 N–H and O–H groups in total. The van der Waals surface area contributed by atoms with E-state index in [9.17, 15) is 14.4 Å². The van der Waals surface area contributed by atoms with Crippen LogP contribution in [0.3, 0.4) is 0 Å². The van der Waals surface area contributed by atoms with Gasteiger partial charge in [-0.05, 0) is 43.2 Å². The first-order chi connectivity index (χ1) is 12.8. The minimum Gasteiger partial charge on any atom is -0.452 e. The minimum atomic E-state index is -0.719. The number of hydrogen-bond acceptors (Lipinski definition) is 4. The van der Waals surface area contributed by atoms with E-state index in [1.807, 2.05) is 32.0 Å². The van der Waals surface area contributed by atoms with Crippen LogP contribution in [0.25, 0.3) is 0 Å². The summed E-state index contributed by atoms with van der Waals surface area (Å²) in [5.41, 5.74) is 2.73. The molecule has 27 heavy (non-hydrogen) atoms. The van der Waals surface area contributed by atoms with Gasteiger partial charge in [0.05, 0.1) is 22.2 Å². The van der Waals surface area contributed by atoms with Crippen LogP contribution in [0.4, 0.5) is 5.69 Å². The highest BCUT2D eigenvalue weighted by Gasteiger charge is 2.13. The van der Waals surface area contributed by atoms with Gasteiger partial charge in [-0.15, -0.1) is 0 Å². The van der Waals surface area contributed by atoms with Crippen LogP contribution in [0.2, 0.25) is 10.0 Å². The van der Waals surface area contributed by atoms with E-state index in [-0.39, 0.29) is 23.0 Å². The zero-order valence-corrected chi connectivity index (χ0v) is 16.3. The third-order valence-corrected chi connectivity index (χ3v) is 4.42. The molecule has 0 aliphatic rings. The number of para-hydroxylation sites is 1. The molecule has 2 rings (SSSR count). The maximum Gasteiger partial charge on any atom is 0.338 e. The summed E-state index contributed by atoms with van der Waals surface area (Å²) >= 11 is 11.6. The van der Waals surface area contributed by atoms with Gasteiger partial charge in [0, 0.05) is 5.69 Å². The molecule has 0 atom stereocenters. The maximum atomic E-state index is 12.0. The Balaban J connectivity index is 1.79. The number of carbonyl (C=O) groups excluding carboxylic acids is 3. The van der Waals surface area contributed by atoms with Gasteiger partial charge in [-0.1, -0.05) is 41.4 Å². The Morgan fingerprint density at radius 2 is 1.63 bits per heavy atom. The second kappa shape index (κ2) is 9.39. The number of rotatable bonds is 6. The van der Waals surface area contributed by atoms with Crippen LogP contribution >= 0.6 is 23.2 Å². The van der Waals surface area contributed by atoms with E-state index >= 15 is 0 Å². The van der Waals surface area contributed by atoms with Crippen LogP contribution in [0, 0.1) is 13.8 Å². The number of carbonyl (C=O) groups is 3. The molecule has 0 fully saturated rings. The highest BCUT2D eigenvalue weighted by atomic mass is 35.5. The SMILES string of the molecule is Cc1cccc(C)c1NC(=O)CNC(=O)COC(=O)c1ccc(Cl)c(Cl)c1. The molecule has 0 saturated carbocycles. The van der Waals surface area contributed by atoms with E-state index in [1.165, 1.54) is 18.2 Å². The van der Waals surface area contributed by atoms with E-state index in [0.717, 1.165) is 11.1 Å². The van der Waals surface area contributed by atoms with Crippen LogP contribution in [-0.4, -0.2) is 30.9 Å². The van der Waals surface area contributed by atoms with Crippen molar-refractivity contribution in [1.29, 1.82) is 0 Å². The lowest BCUT2D eigenvalue weighted by molar-refractivity contribution is -0.126. The van der Waals surface area contributed by atoms with E-state index in [1.54, 1.807) is 0 Å². The molecular weight excluding hydrogens is 391 g/mol. The summed E-state index contributed by atoms with van der Waals surface area (Å²) < 4.78 is 4.89. The van der Waals surface area contributed by atoms with Crippen molar-refractivity contribution in [3.63, 3.8) is 0 Å². The van der Waals surface area contributed by atoms with Crippen molar-refractivity contribution in [2.24, 2.45) is 0 Å². The molecule has 0 radical (unpaired) electrons. The quantitative estimate of drug-likeness (QED) is 0.716. The van der Waals surface area contributed by atoms with E-state index < -0.39 is 18.5 Å². The molecule has 142 valence electrons. The van der Waals surface area contributed by atoms with E-state index in [2.05, 4.69) is 10.6 Å². The number of nitrogens with one attached hydrogen (secondary N) is 2. The molecule has 8 heteroatoms. The normalized spacial score (nSPS) is 10.2. The molecular formula is C19H18Cl2N2O4. The van der Waals surface area contributed by atoms with Gasteiger partial charge in [0.25, 0.3) is 5.91 Å². The van der Waals surface area contributed by atoms with Crippen molar-refractivity contribution in [1.82, 2.24) is 5.32 Å². The summed E-state index contributed by atoms with van der Waals surface area (Å²) in [4.78, 5) is 35.6. The Labute approximate surface area is 166 Å². The second-order valence-corrected chi connectivity index (χ2v) is 6.61. The van der Waals surface area contributed by atoms with Crippen LogP contribution in [0.5, 0.6) is 0 Å². The zero-order chi connectivity index (χ0) is 20.0. The Morgan fingerprint density at radius 3 is 2.26 bits per heavy atom. The predicted octanol–water partition coefficient (Wildman–Crippen LogP) is 3.52. The Morgan fingerprint density at radius 1 is 0.963 bits per heavy atom. The fourth-order valence-electron chi connectivity index (χ4n) is 2.26. The summed E-state index contributed by atoms with van der Waals surface area (Å²) in [5, 5.41) is 5.65. The smallest absolute Gasteiger partial charge is 0.338 e. The minimum absolute atomic E-state index is 0.171. The van der Waals surface area contributed by atoms with Gasteiger partial charge >= 0.3 is 5.97 Å². The van der Waals surface area contributed by atoms with Crippen LogP contribution in [0.15, 0.2) is 36.4 Å². The Hall–Kier alpha value is -2.57. The average Bonchev–Trinajstić information content (AvgIpc) is 2.63. The largest absolute Gasteiger partial charge is 0.452 e. The van der Waals surface area contributed by atoms with Gasteiger partial charge in [0.1, 0.15) is 0 Å². The first-order valence-electron chi connectivity index (χ1n) is 8.03. The first-order valence-corrected chi connectivity index (χ1v) is 8.78. The number of anilines is 1. The van der Waals surface area contributed by atoms with Crippen molar-refractivity contribution in [2.45, 2.75) is 13.8 Å². The molecule has 0 aliphatic heterocycles. The lowest BCUT2D eigenvalue weighted by Crippen LogP contribution is -2.35. The third kappa shape index (κ3) is 5.98. The molecule has 2 aromatic rings. The molecule has 0 saturated heterocycles. The Bertz CT molecular complexity index is 864. The van der Waals surface area contributed by atoms with Crippen LogP contribution < -0.4 is 10.6 Å². The molecule has 0 bridgehead atoms. The van der Waals surface area contributed by atoms with Gasteiger partial charge in [-0.25, -0.2) is 4.79 Å². The second-order valence-electron chi connectivity index (χ2n) is 5.80. The van der Waals surface area contributed by atoms with Crippen LogP contribution in [0.1, 0.15) is 21.5 Å². The molecule has 2 amide bonds. The van der Waals surface area contributed by atoms with Crippen LogP contribution in [-0.2, 0) is 14.3 Å². The monoisotopic (exact) mass is 408 g/mol.